The molecule has 0 aromatic rings. The molecule has 0 saturated heterocycles. The molecule has 0 spiro atoms. The minimum atomic E-state index is -9.43. The predicted octanol–water partition coefficient (Wildman–Crippen LogP) is 11.0. The Bertz CT molecular complexity index is 1160. The van der Waals surface area contributed by atoms with E-state index in [1.165, 1.54) is 0 Å². The first-order valence-electron chi connectivity index (χ1n) is 11.2. The molecule has 0 aliphatic rings. The highest BCUT2D eigenvalue weighted by atomic mass is 19.5. The Morgan fingerprint density at radius 1 is 0.208 bits per heavy atom. The molecule has 0 aromatic carbocycles. The van der Waals surface area contributed by atoms with Crippen molar-refractivity contribution >= 4 is 0 Å². The predicted molar refractivity (Wildman–Crippen MR) is 92.2 cm³/mol. The van der Waals surface area contributed by atoms with E-state index in [1.54, 1.807) is 0 Å². The van der Waals surface area contributed by atoms with Gasteiger partial charge >= 0.3 is 95.3 Å². The smallest absolute Gasteiger partial charge is 0.368 e. The highest BCUT2D eigenvalue weighted by molar-refractivity contribution is 5.19. The second-order valence-electron chi connectivity index (χ2n) is 9.80. The maximum Gasteiger partial charge on any atom is 0.438 e. The normalized spacial score (nSPS) is 17.1. The number of hydrogen-bond donors (Lipinski definition) is 0. The molecule has 0 aliphatic heterocycles. The fourth-order valence-electron chi connectivity index (χ4n) is 3.20. The van der Waals surface area contributed by atoms with Gasteiger partial charge in [-0.3, -0.25) is 0 Å². The zero-order chi connectivity index (χ0) is 44.1. The SMILES string of the molecule is FC(F)(F)C(F)(C(F)(F)F)C(F)(F)C(F)(F)C(F)(F)C(F)(F)C(F)(F)COCC(F)(F)C(F)(F)C(F)(F)C(F)(F)C(F)(F)C(F)(C(F)(F)F)C(F)(F)F. The minimum absolute atomic E-state index is 2.21. The van der Waals surface area contributed by atoms with Crippen LogP contribution in [0.15, 0.2) is 0 Å². The van der Waals surface area contributed by atoms with E-state index >= 15 is 0 Å². The van der Waals surface area contributed by atoms with E-state index in [4.69, 9.17) is 0 Å². The molecule has 0 amide bonds. The summed E-state index contributed by atoms with van der Waals surface area (Å²) in [5.74, 6) is -90.0. The molecule has 1 nitrogen and oxygen atoms in total. The van der Waals surface area contributed by atoms with E-state index in [0.717, 1.165) is 0 Å². The molecule has 0 N–H and O–H groups in total. The van der Waals surface area contributed by atoms with Gasteiger partial charge in [0, 0.05) is 0 Å². The van der Waals surface area contributed by atoms with Crippen molar-refractivity contribution in [2.45, 2.75) is 95.3 Å². The van der Waals surface area contributed by atoms with Crippen molar-refractivity contribution in [3.05, 3.63) is 0 Å². The van der Waals surface area contributed by atoms with E-state index in [9.17, 15) is 149 Å². The Balaban J connectivity index is 6.93. The molecule has 35 heteroatoms. The lowest BCUT2D eigenvalue weighted by Gasteiger charge is -2.44. The molecule has 0 aliphatic carbocycles. The maximum absolute atomic E-state index is 13.7. The average Bonchev–Trinajstić information content (AvgIpc) is 2.88. The first-order valence-corrected chi connectivity index (χ1v) is 11.2. The van der Waals surface area contributed by atoms with Crippen molar-refractivity contribution in [1.29, 1.82) is 0 Å². The fraction of sp³-hybridized carbons (Fsp3) is 1.00. The van der Waals surface area contributed by atoms with Crippen LogP contribution in [0.2, 0.25) is 0 Å². The van der Waals surface area contributed by atoms with Crippen LogP contribution in [0.3, 0.4) is 0 Å². The van der Waals surface area contributed by atoms with E-state index < -0.39 is 108 Å². The number of alkyl halides is 34. The van der Waals surface area contributed by atoms with Crippen LogP contribution in [-0.2, 0) is 4.74 Å². The maximum atomic E-state index is 13.7. The Labute approximate surface area is 264 Å². The minimum Gasteiger partial charge on any atom is -0.368 e. The summed E-state index contributed by atoms with van der Waals surface area (Å²) in [6, 6.07) is 0. The first kappa shape index (κ1) is 50.6. The van der Waals surface area contributed by atoms with Crippen LogP contribution in [0.25, 0.3) is 0 Å². The molecule has 0 unspecified atom stereocenters. The second-order valence-corrected chi connectivity index (χ2v) is 9.80. The second kappa shape index (κ2) is 12.5. The largest absolute Gasteiger partial charge is 0.438 e. The van der Waals surface area contributed by atoms with Gasteiger partial charge < -0.3 is 4.74 Å². The third kappa shape index (κ3) is 6.48. The molecule has 0 bridgehead atoms. The number of halogens is 34. The molecule has 0 saturated carbocycles. The van der Waals surface area contributed by atoms with Crippen molar-refractivity contribution in [1.82, 2.24) is 0 Å². The number of ether oxygens (including phenoxy) is 1. The summed E-state index contributed by atoms with van der Waals surface area (Å²) in [6.07, 6.45) is -34.4. The third-order valence-electron chi connectivity index (χ3n) is 6.28. The van der Waals surface area contributed by atoms with Gasteiger partial charge in [0.25, 0.3) is 0 Å². The van der Waals surface area contributed by atoms with Crippen molar-refractivity contribution in [2.75, 3.05) is 13.2 Å². The van der Waals surface area contributed by atoms with E-state index in [2.05, 4.69) is 4.74 Å². The van der Waals surface area contributed by atoms with E-state index in [1.807, 2.05) is 0 Å². The van der Waals surface area contributed by atoms with Crippen LogP contribution in [0.4, 0.5) is 149 Å². The summed E-state index contributed by atoms with van der Waals surface area (Å²) >= 11 is 0. The first-order chi connectivity index (χ1) is 22.2. The number of rotatable bonds is 14. The Morgan fingerprint density at radius 3 is 0.509 bits per heavy atom. The lowest BCUT2D eigenvalue weighted by molar-refractivity contribution is -0.468. The standard InChI is InChI=1S/C18H4F34O/c19-3(20,7(25,26)11(33,34)13(37,38)9(29,30)5(23,15(41,42)43)16(44,45)46)1-53-2-4(21,22)8(27,28)12(35,36)14(39,40)10(31,32)6(24,17(47,48)49)18(50,51)52/h1-2H2. The molecule has 0 aromatic heterocycles. The summed E-state index contributed by atoms with van der Waals surface area (Å²) < 4.78 is 450. The van der Waals surface area contributed by atoms with Crippen LogP contribution in [0.1, 0.15) is 0 Å². The van der Waals surface area contributed by atoms with Gasteiger partial charge in [0.1, 0.15) is 13.2 Å². The summed E-state index contributed by atoms with van der Waals surface area (Å²) in [5, 5.41) is 0. The van der Waals surface area contributed by atoms with Crippen LogP contribution in [0, 0.1) is 0 Å². The summed E-state index contributed by atoms with van der Waals surface area (Å²) in [6.45, 7) is -9.40. The highest BCUT2D eigenvalue weighted by Crippen LogP contribution is 2.67. The van der Waals surface area contributed by atoms with Gasteiger partial charge in [0.15, 0.2) is 0 Å². The van der Waals surface area contributed by atoms with Crippen LogP contribution < -0.4 is 0 Å². The quantitative estimate of drug-likeness (QED) is 0.158. The Kier molecular flexibility index (Phi) is 12.0. The lowest BCUT2D eigenvalue weighted by atomic mass is 9.84. The van der Waals surface area contributed by atoms with Crippen molar-refractivity contribution in [3.63, 3.8) is 0 Å². The van der Waals surface area contributed by atoms with Crippen molar-refractivity contribution in [2.24, 2.45) is 0 Å². The fourth-order valence-corrected chi connectivity index (χ4v) is 3.20. The summed E-state index contributed by atoms with van der Waals surface area (Å²) in [4.78, 5) is 0. The zero-order valence-corrected chi connectivity index (χ0v) is 22.7. The third-order valence-corrected chi connectivity index (χ3v) is 6.28. The van der Waals surface area contributed by atoms with Crippen LogP contribution >= 0.6 is 0 Å². The lowest BCUT2D eigenvalue weighted by Crippen LogP contribution is -2.77. The highest BCUT2D eigenvalue weighted by Gasteiger charge is 2.99. The van der Waals surface area contributed by atoms with Crippen LogP contribution in [0.5, 0.6) is 0 Å². The molecule has 53 heavy (non-hydrogen) atoms. The Morgan fingerprint density at radius 2 is 0.358 bits per heavy atom. The molecular weight excluding hydrogens is 878 g/mol. The molecule has 0 atom stereocenters. The molecule has 0 rings (SSSR count). The topological polar surface area (TPSA) is 9.23 Å². The Hall–Kier alpha value is -2.42. The molecule has 0 radical (unpaired) electrons. The molecule has 0 fully saturated rings. The van der Waals surface area contributed by atoms with Gasteiger partial charge in [-0.25, -0.2) is 8.78 Å². The average molecular weight is 882 g/mol. The van der Waals surface area contributed by atoms with Gasteiger partial charge in [0.05, 0.1) is 0 Å². The van der Waals surface area contributed by atoms with Gasteiger partial charge in [-0.15, -0.1) is 0 Å². The number of hydrogen-bond acceptors (Lipinski definition) is 1. The van der Waals surface area contributed by atoms with Gasteiger partial charge in [0.2, 0.25) is 0 Å². The molecule has 0 heterocycles. The van der Waals surface area contributed by atoms with Crippen LogP contribution in [-0.4, -0.2) is 108 Å². The van der Waals surface area contributed by atoms with Gasteiger partial charge in [-0.05, 0) is 0 Å². The van der Waals surface area contributed by atoms with Crippen molar-refractivity contribution < 1.29 is 154 Å². The zero-order valence-electron chi connectivity index (χ0n) is 22.7. The van der Waals surface area contributed by atoms with E-state index in [-0.39, 0.29) is 0 Å². The molecular formula is C18H4F34O. The van der Waals surface area contributed by atoms with Crippen molar-refractivity contribution in [3.8, 4) is 0 Å². The molecule has 320 valence electrons. The van der Waals surface area contributed by atoms with Gasteiger partial charge in [-0.2, -0.15) is 140 Å². The van der Waals surface area contributed by atoms with E-state index in [0.29, 0.717) is 0 Å². The monoisotopic (exact) mass is 882 g/mol. The van der Waals surface area contributed by atoms with Gasteiger partial charge in [-0.1, -0.05) is 0 Å². The summed E-state index contributed by atoms with van der Waals surface area (Å²) in [5.41, 5.74) is -18.2. The summed E-state index contributed by atoms with van der Waals surface area (Å²) in [7, 11) is 0.